The number of hydrogen-bond acceptors (Lipinski definition) is 3. The van der Waals surface area contributed by atoms with Crippen molar-refractivity contribution in [1.82, 2.24) is 4.90 Å². The SMILES string of the molecule is CCC(C)OC(OC(C)CC)N(CC)CC. The minimum Gasteiger partial charge on any atom is -0.337 e. The van der Waals surface area contributed by atoms with Gasteiger partial charge in [-0.15, -0.1) is 0 Å². The monoisotopic (exact) mass is 231 g/mol. The van der Waals surface area contributed by atoms with Gasteiger partial charge in [0, 0.05) is 0 Å². The van der Waals surface area contributed by atoms with Crippen molar-refractivity contribution in [3.05, 3.63) is 0 Å². The van der Waals surface area contributed by atoms with Crippen LogP contribution in [0.15, 0.2) is 0 Å². The minimum atomic E-state index is -0.195. The van der Waals surface area contributed by atoms with Gasteiger partial charge in [-0.05, 0) is 39.8 Å². The van der Waals surface area contributed by atoms with Crippen LogP contribution in [0.4, 0.5) is 0 Å². The van der Waals surface area contributed by atoms with E-state index in [4.69, 9.17) is 9.47 Å². The Morgan fingerprint density at radius 3 is 1.44 bits per heavy atom. The normalized spacial score (nSPS) is 17.4. The van der Waals surface area contributed by atoms with E-state index in [-0.39, 0.29) is 18.6 Å². The fourth-order valence-electron chi connectivity index (χ4n) is 1.32. The molecule has 0 rings (SSSR count). The molecule has 0 fully saturated rings. The maximum Gasteiger partial charge on any atom is 0.219 e. The van der Waals surface area contributed by atoms with E-state index in [1.165, 1.54) is 0 Å². The highest BCUT2D eigenvalue weighted by atomic mass is 16.7. The zero-order valence-corrected chi connectivity index (χ0v) is 11.8. The summed E-state index contributed by atoms with van der Waals surface area (Å²) in [6.07, 6.45) is 2.33. The number of hydrogen-bond donors (Lipinski definition) is 0. The van der Waals surface area contributed by atoms with Crippen molar-refractivity contribution in [3.8, 4) is 0 Å². The van der Waals surface area contributed by atoms with Crippen LogP contribution in [0, 0.1) is 0 Å². The van der Waals surface area contributed by atoms with Crippen LogP contribution in [0.25, 0.3) is 0 Å². The summed E-state index contributed by atoms with van der Waals surface area (Å²) < 4.78 is 11.8. The van der Waals surface area contributed by atoms with Gasteiger partial charge in [-0.1, -0.05) is 27.7 Å². The summed E-state index contributed by atoms with van der Waals surface area (Å²) in [4.78, 5) is 2.21. The second-order valence-corrected chi connectivity index (χ2v) is 4.24. The highest BCUT2D eigenvalue weighted by Crippen LogP contribution is 2.12. The molecule has 0 aromatic heterocycles. The van der Waals surface area contributed by atoms with Crippen LogP contribution < -0.4 is 0 Å². The van der Waals surface area contributed by atoms with Crippen LogP contribution in [0.3, 0.4) is 0 Å². The number of rotatable bonds is 9. The van der Waals surface area contributed by atoms with E-state index >= 15 is 0 Å². The third kappa shape index (κ3) is 5.83. The first-order valence-electron chi connectivity index (χ1n) is 6.63. The summed E-state index contributed by atoms with van der Waals surface area (Å²) in [6, 6.07) is 0. The fraction of sp³-hybridized carbons (Fsp3) is 1.00. The molecule has 3 heteroatoms. The summed E-state index contributed by atoms with van der Waals surface area (Å²) in [6.45, 7) is 14.6. The van der Waals surface area contributed by atoms with Gasteiger partial charge in [-0.25, -0.2) is 0 Å². The van der Waals surface area contributed by atoms with Crippen molar-refractivity contribution in [3.63, 3.8) is 0 Å². The maximum atomic E-state index is 5.92. The lowest BCUT2D eigenvalue weighted by Gasteiger charge is -2.33. The van der Waals surface area contributed by atoms with Gasteiger partial charge in [0.2, 0.25) is 6.41 Å². The molecular formula is C13H29NO2. The molecule has 0 heterocycles. The molecule has 0 radical (unpaired) electrons. The molecule has 98 valence electrons. The molecule has 0 spiro atoms. The second-order valence-electron chi connectivity index (χ2n) is 4.24. The zero-order chi connectivity index (χ0) is 12.6. The molecule has 0 saturated carbocycles. The molecule has 16 heavy (non-hydrogen) atoms. The summed E-state index contributed by atoms with van der Waals surface area (Å²) >= 11 is 0. The topological polar surface area (TPSA) is 21.7 Å². The molecule has 0 aromatic carbocycles. The van der Waals surface area contributed by atoms with Crippen LogP contribution in [-0.2, 0) is 9.47 Å². The number of nitrogens with zero attached hydrogens (tertiary/aromatic N) is 1. The summed E-state index contributed by atoms with van der Waals surface area (Å²) in [5.74, 6) is 0. The minimum absolute atomic E-state index is 0.195. The Hall–Kier alpha value is -0.120. The van der Waals surface area contributed by atoms with Gasteiger partial charge < -0.3 is 9.47 Å². The lowest BCUT2D eigenvalue weighted by Crippen LogP contribution is -2.42. The highest BCUT2D eigenvalue weighted by molar-refractivity contribution is 4.56. The van der Waals surface area contributed by atoms with E-state index in [0.29, 0.717) is 0 Å². The first-order valence-corrected chi connectivity index (χ1v) is 6.63. The van der Waals surface area contributed by atoms with Crippen molar-refractivity contribution in [2.24, 2.45) is 0 Å². The Kier molecular flexibility index (Phi) is 8.90. The third-order valence-electron chi connectivity index (χ3n) is 2.96. The molecule has 2 atom stereocenters. The van der Waals surface area contributed by atoms with Gasteiger partial charge in [0.25, 0.3) is 0 Å². The van der Waals surface area contributed by atoms with Gasteiger partial charge in [0.15, 0.2) is 0 Å². The molecule has 3 nitrogen and oxygen atoms in total. The molecule has 0 aromatic rings. The fourth-order valence-corrected chi connectivity index (χ4v) is 1.32. The van der Waals surface area contributed by atoms with Crippen molar-refractivity contribution in [2.75, 3.05) is 13.1 Å². The van der Waals surface area contributed by atoms with E-state index < -0.39 is 0 Å². The summed E-state index contributed by atoms with van der Waals surface area (Å²) in [7, 11) is 0. The smallest absolute Gasteiger partial charge is 0.219 e. The van der Waals surface area contributed by atoms with Crippen LogP contribution >= 0.6 is 0 Å². The molecule has 0 aliphatic heterocycles. The molecule has 2 unspecified atom stereocenters. The first kappa shape index (κ1) is 15.9. The van der Waals surface area contributed by atoms with Crippen LogP contribution in [0.5, 0.6) is 0 Å². The average Bonchev–Trinajstić information content (AvgIpc) is 2.29. The van der Waals surface area contributed by atoms with Crippen molar-refractivity contribution < 1.29 is 9.47 Å². The predicted octanol–water partition coefficient (Wildman–Crippen LogP) is 3.24. The van der Waals surface area contributed by atoms with Crippen LogP contribution in [0.2, 0.25) is 0 Å². The Bertz CT molecular complexity index is 148. The molecule has 0 saturated heterocycles. The van der Waals surface area contributed by atoms with Gasteiger partial charge in [-0.3, -0.25) is 4.90 Å². The van der Waals surface area contributed by atoms with Gasteiger partial charge in [0.1, 0.15) is 0 Å². The first-order chi connectivity index (χ1) is 7.58. The van der Waals surface area contributed by atoms with Crippen molar-refractivity contribution >= 4 is 0 Å². The molecule has 0 aliphatic rings. The lowest BCUT2D eigenvalue weighted by molar-refractivity contribution is -0.257. The van der Waals surface area contributed by atoms with E-state index in [9.17, 15) is 0 Å². The Morgan fingerprint density at radius 1 is 0.812 bits per heavy atom. The molecule has 0 aliphatic carbocycles. The maximum absolute atomic E-state index is 5.92. The average molecular weight is 231 g/mol. The Balaban J connectivity index is 4.35. The quantitative estimate of drug-likeness (QED) is 0.569. The lowest BCUT2D eigenvalue weighted by atomic mass is 10.3. The highest BCUT2D eigenvalue weighted by Gasteiger charge is 2.21. The second kappa shape index (κ2) is 8.97. The molecule has 0 amide bonds. The molecule has 0 bridgehead atoms. The van der Waals surface area contributed by atoms with E-state index in [0.717, 1.165) is 25.9 Å². The van der Waals surface area contributed by atoms with Crippen molar-refractivity contribution in [1.29, 1.82) is 0 Å². The van der Waals surface area contributed by atoms with E-state index in [1.807, 2.05) is 0 Å². The molecule has 0 N–H and O–H groups in total. The van der Waals surface area contributed by atoms with Gasteiger partial charge >= 0.3 is 0 Å². The van der Waals surface area contributed by atoms with Crippen LogP contribution in [-0.4, -0.2) is 36.6 Å². The van der Waals surface area contributed by atoms with Gasteiger partial charge in [0.05, 0.1) is 12.2 Å². The largest absolute Gasteiger partial charge is 0.337 e. The van der Waals surface area contributed by atoms with Crippen molar-refractivity contribution in [2.45, 2.75) is 73.0 Å². The van der Waals surface area contributed by atoms with Crippen LogP contribution in [0.1, 0.15) is 54.4 Å². The Labute approximate surface area is 101 Å². The predicted molar refractivity (Wildman–Crippen MR) is 68.4 cm³/mol. The third-order valence-corrected chi connectivity index (χ3v) is 2.96. The summed E-state index contributed by atoms with van der Waals surface area (Å²) in [5, 5.41) is 0. The summed E-state index contributed by atoms with van der Waals surface area (Å²) in [5.41, 5.74) is 0. The molecular weight excluding hydrogens is 202 g/mol. The Morgan fingerprint density at radius 2 is 1.19 bits per heavy atom. The zero-order valence-electron chi connectivity index (χ0n) is 11.8. The van der Waals surface area contributed by atoms with E-state index in [2.05, 4.69) is 46.4 Å². The van der Waals surface area contributed by atoms with Gasteiger partial charge in [-0.2, -0.15) is 0 Å². The van der Waals surface area contributed by atoms with E-state index in [1.54, 1.807) is 0 Å². The number of ether oxygens (including phenoxy) is 2. The standard InChI is InChI=1S/C13H29NO2/c1-7-11(5)15-13(14(9-3)10-4)16-12(6)8-2/h11-13H,7-10H2,1-6H3.